The zero-order valence-electron chi connectivity index (χ0n) is 12.2. The molecule has 4 heteroatoms. The van der Waals surface area contributed by atoms with Crippen molar-refractivity contribution in [1.82, 2.24) is 5.32 Å². The molecule has 0 spiro atoms. The molecule has 0 saturated heterocycles. The topological polar surface area (TPSA) is 41.1 Å². The molecule has 2 aromatic rings. The van der Waals surface area contributed by atoms with E-state index in [1.807, 2.05) is 56.3 Å². The van der Waals surface area contributed by atoms with E-state index in [-0.39, 0.29) is 18.5 Å². The van der Waals surface area contributed by atoms with Crippen LogP contribution in [-0.2, 0) is 4.79 Å². The summed E-state index contributed by atoms with van der Waals surface area (Å²) in [5.74, 6) is -0.0360. The predicted octanol–water partition coefficient (Wildman–Crippen LogP) is 4.05. The van der Waals surface area contributed by atoms with Crippen LogP contribution in [-0.4, -0.2) is 12.5 Å². The maximum Gasteiger partial charge on any atom is 0.238 e. The van der Waals surface area contributed by atoms with Crippen LogP contribution in [0.15, 0.2) is 53.0 Å². The van der Waals surface area contributed by atoms with Crippen LogP contribution in [0.2, 0.25) is 0 Å². The molecular formula is C17H19BrN2O. The highest BCUT2D eigenvalue weighted by atomic mass is 79.9. The van der Waals surface area contributed by atoms with Gasteiger partial charge in [-0.15, -0.1) is 0 Å². The molecule has 0 aliphatic heterocycles. The van der Waals surface area contributed by atoms with Gasteiger partial charge in [0.2, 0.25) is 5.91 Å². The van der Waals surface area contributed by atoms with Crippen LogP contribution in [0.4, 0.5) is 5.69 Å². The number of rotatable bonds is 5. The minimum Gasteiger partial charge on any atom is -0.325 e. The fourth-order valence-electron chi connectivity index (χ4n) is 2.05. The number of carbonyl (C=O) groups excluding carboxylic acids is 1. The zero-order chi connectivity index (χ0) is 15.2. The summed E-state index contributed by atoms with van der Waals surface area (Å²) in [6.45, 7) is 4.30. The maximum absolute atomic E-state index is 12.0. The lowest BCUT2D eigenvalue weighted by Gasteiger charge is -2.15. The third kappa shape index (κ3) is 4.69. The van der Waals surface area contributed by atoms with E-state index in [4.69, 9.17) is 0 Å². The van der Waals surface area contributed by atoms with E-state index < -0.39 is 0 Å². The number of hydrogen-bond donors (Lipinski definition) is 2. The van der Waals surface area contributed by atoms with Gasteiger partial charge in [0.25, 0.3) is 0 Å². The number of amides is 1. The Morgan fingerprint density at radius 1 is 1.19 bits per heavy atom. The molecule has 110 valence electrons. The van der Waals surface area contributed by atoms with Gasteiger partial charge >= 0.3 is 0 Å². The molecule has 0 heterocycles. The number of benzene rings is 2. The summed E-state index contributed by atoms with van der Waals surface area (Å²) in [5, 5.41) is 6.15. The molecule has 0 aliphatic rings. The van der Waals surface area contributed by atoms with Gasteiger partial charge in [-0.2, -0.15) is 0 Å². The average Bonchev–Trinajstić information content (AvgIpc) is 2.47. The molecule has 0 aliphatic carbocycles. The van der Waals surface area contributed by atoms with Crippen LogP contribution in [0, 0.1) is 6.92 Å². The molecule has 2 N–H and O–H groups in total. The van der Waals surface area contributed by atoms with E-state index in [1.54, 1.807) is 0 Å². The molecule has 2 aromatic carbocycles. The highest BCUT2D eigenvalue weighted by Crippen LogP contribution is 2.17. The second kappa shape index (κ2) is 7.38. The van der Waals surface area contributed by atoms with E-state index in [9.17, 15) is 4.79 Å². The monoisotopic (exact) mass is 346 g/mol. The van der Waals surface area contributed by atoms with Gasteiger partial charge in [-0.1, -0.05) is 46.3 Å². The first-order valence-corrected chi connectivity index (χ1v) is 7.70. The summed E-state index contributed by atoms with van der Waals surface area (Å²) in [6.07, 6.45) is 0. The molecule has 0 radical (unpaired) electrons. The van der Waals surface area contributed by atoms with Crippen molar-refractivity contribution in [2.75, 3.05) is 11.9 Å². The van der Waals surface area contributed by atoms with Crippen molar-refractivity contribution in [3.8, 4) is 0 Å². The van der Waals surface area contributed by atoms with Crippen LogP contribution in [0.3, 0.4) is 0 Å². The Kier molecular flexibility index (Phi) is 5.53. The first kappa shape index (κ1) is 15.7. The Morgan fingerprint density at radius 2 is 1.95 bits per heavy atom. The third-order valence-electron chi connectivity index (χ3n) is 3.34. The Labute approximate surface area is 133 Å². The van der Waals surface area contributed by atoms with Gasteiger partial charge < -0.3 is 10.6 Å². The van der Waals surface area contributed by atoms with E-state index >= 15 is 0 Å². The van der Waals surface area contributed by atoms with Crippen molar-refractivity contribution in [3.63, 3.8) is 0 Å². The molecule has 1 amide bonds. The molecule has 0 bridgehead atoms. The maximum atomic E-state index is 12.0. The summed E-state index contributed by atoms with van der Waals surface area (Å²) >= 11 is 3.46. The molecular weight excluding hydrogens is 328 g/mol. The van der Waals surface area contributed by atoms with E-state index in [2.05, 4.69) is 32.6 Å². The van der Waals surface area contributed by atoms with Gasteiger partial charge in [-0.05, 0) is 43.2 Å². The molecule has 1 atom stereocenters. The largest absolute Gasteiger partial charge is 0.325 e. The summed E-state index contributed by atoms with van der Waals surface area (Å²) in [5.41, 5.74) is 3.07. The van der Waals surface area contributed by atoms with E-state index in [0.29, 0.717) is 0 Å². The Balaban J connectivity index is 1.88. The number of halogens is 1. The quantitative estimate of drug-likeness (QED) is 0.857. The Hall–Kier alpha value is -1.65. The first-order chi connectivity index (χ1) is 10.1. The van der Waals surface area contributed by atoms with Gasteiger partial charge in [-0.25, -0.2) is 0 Å². The summed E-state index contributed by atoms with van der Waals surface area (Å²) in [7, 11) is 0. The molecule has 0 aromatic heterocycles. The van der Waals surface area contributed by atoms with Crippen molar-refractivity contribution < 1.29 is 4.79 Å². The van der Waals surface area contributed by atoms with Crippen molar-refractivity contribution in [2.45, 2.75) is 19.9 Å². The van der Waals surface area contributed by atoms with E-state index in [0.717, 1.165) is 21.3 Å². The molecule has 3 nitrogen and oxygen atoms in total. The van der Waals surface area contributed by atoms with Gasteiger partial charge in [0.1, 0.15) is 0 Å². The lowest BCUT2D eigenvalue weighted by molar-refractivity contribution is -0.115. The highest BCUT2D eigenvalue weighted by Gasteiger charge is 2.09. The average molecular weight is 347 g/mol. The van der Waals surface area contributed by atoms with Crippen molar-refractivity contribution in [3.05, 3.63) is 64.1 Å². The molecule has 0 fully saturated rings. The second-order valence-electron chi connectivity index (χ2n) is 5.02. The van der Waals surface area contributed by atoms with Gasteiger partial charge in [0.05, 0.1) is 6.54 Å². The first-order valence-electron chi connectivity index (χ1n) is 6.90. The molecule has 0 unspecified atom stereocenters. The smallest absolute Gasteiger partial charge is 0.238 e. The predicted molar refractivity (Wildman–Crippen MR) is 90.4 cm³/mol. The number of hydrogen-bond acceptors (Lipinski definition) is 2. The van der Waals surface area contributed by atoms with Crippen LogP contribution >= 0.6 is 15.9 Å². The van der Waals surface area contributed by atoms with Crippen LogP contribution in [0.1, 0.15) is 24.1 Å². The normalized spacial score (nSPS) is 12.0. The number of nitrogens with one attached hydrogen (secondary N) is 2. The molecule has 0 saturated carbocycles. The van der Waals surface area contributed by atoms with Crippen LogP contribution < -0.4 is 10.6 Å². The van der Waals surface area contributed by atoms with Crippen LogP contribution in [0.5, 0.6) is 0 Å². The lowest BCUT2D eigenvalue weighted by atomic mass is 10.1. The van der Waals surface area contributed by atoms with Crippen molar-refractivity contribution in [1.29, 1.82) is 0 Å². The number of carbonyl (C=O) groups is 1. The lowest BCUT2D eigenvalue weighted by Crippen LogP contribution is -2.30. The van der Waals surface area contributed by atoms with Crippen molar-refractivity contribution >= 4 is 27.5 Å². The molecule has 21 heavy (non-hydrogen) atoms. The fourth-order valence-corrected chi connectivity index (χ4v) is 2.46. The summed E-state index contributed by atoms with van der Waals surface area (Å²) in [4.78, 5) is 12.0. The highest BCUT2D eigenvalue weighted by molar-refractivity contribution is 9.10. The van der Waals surface area contributed by atoms with Crippen molar-refractivity contribution in [2.24, 2.45) is 0 Å². The number of anilines is 1. The minimum absolute atomic E-state index is 0.0360. The Morgan fingerprint density at radius 3 is 2.67 bits per heavy atom. The Bertz CT molecular complexity index is 628. The van der Waals surface area contributed by atoms with Gasteiger partial charge in [-0.3, -0.25) is 4.79 Å². The van der Waals surface area contributed by atoms with Gasteiger partial charge in [0.15, 0.2) is 0 Å². The third-order valence-corrected chi connectivity index (χ3v) is 3.83. The zero-order valence-corrected chi connectivity index (χ0v) is 13.8. The summed E-state index contributed by atoms with van der Waals surface area (Å²) in [6, 6.07) is 16.0. The SMILES string of the molecule is Cc1ccccc1NC(=O)CN[C@H](C)c1cccc(Br)c1. The minimum atomic E-state index is -0.0360. The standard InChI is InChI=1S/C17H19BrN2O/c1-12-6-3-4-9-16(12)20-17(21)11-19-13(2)14-7-5-8-15(18)10-14/h3-10,13,19H,11H2,1-2H3,(H,20,21)/t13-/m1/s1. The number of aryl methyl sites for hydroxylation is 1. The van der Waals surface area contributed by atoms with Crippen LogP contribution in [0.25, 0.3) is 0 Å². The fraction of sp³-hybridized carbons (Fsp3) is 0.235. The van der Waals surface area contributed by atoms with Gasteiger partial charge in [0, 0.05) is 16.2 Å². The van der Waals surface area contributed by atoms with E-state index in [1.165, 1.54) is 0 Å². The molecule has 2 rings (SSSR count). The number of para-hydroxylation sites is 1. The summed E-state index contributed by atoms with van der Waals surface area (Å²) < 4.78 is 1.04. The second-order valence-corrected chi connectivity index (χ2v) is 5.94.